The Balaban J connectivity index is 1.70. The molecule has 7 atom stereocenters. The van der Waals surface area contributed by atoms with E-state index in [0.29, 0.717) is 24.0 Å². The summed E-state index contributed by atoms with van der Waals surface area (Å²) in [5.74, 6) is 2.08. The molecule has 2 nitrogen and oxygen atoms in total. The summed E-state index contributed by atoms with van der Waals surface area (Å²) in [5.41, 5.74) is 4.28. The molecule has 2 fully saturated rings. The smallest absolute Gasteiger partial charge is 0.159 e. The van der Waals surface area contributed by atoms with E-state index in [4.69, 9.17) is 0 Å². The highest BCUT2D eigenvalue weighted by molar-refractivity contribution is 5.99. The van der Waals surface area contributed by atoms with Gasteiger partial charge in [-0.2, -0.15) is 0 Å². The van der Waals surface area contributed by atoms with Crippen molar-refractivity contribution in [1.29, 1.82) is 0 Å². The van der Waals surface area contributed by atoms with Crippen LogP contribution >= 0.6 is 0 Å². The zero-order chi connectivity index (χ0) is 23.7. The largest absolute Gasteiger partial charge is 0.393 e. The van der Waals surface area contributed by atoms with Crippen molar-refractivity contribution in [3.63, 3.8) is 0 Å². The van der Waals surface area contributed by atoms with Crippen LogP contribution < -0.4 is 0 Å². The first-order valence-corrected chi connectivity index (χ1v) is 13.4. The molecule has 1 N–H and O–H groups in total. The molecule has 0 heterocycles. The van der Waals surface area contributed by atoms with Crippen molar-refractivity contribution in [2.75, 3.05) is 0 Å². The van der Waals surface area contributed by atoms with Crippen LogP contribution in [-0.4, -0.2) is 17.0 Å². The van der Waals surface area contributed by atoms with E-state index in [0.717, 1.165) is 19.3 Å². The van der Waals surface area contributed by atoms with Crippen LogP contribution in [-0.2, 0) is 4.79 Å². The molecule has 0 bridgehead atoms. The van der Waals surface area contributed by atoms with E-state index in [2.05, 4.69) is 61.5 Å². The van der Waals surface area contributed by atoms with Gasteiger partial charge in [0.15, 0.2) is 5.78 Å². The maximum Gasteiger partial charge on any atom is 0.159 e. The number of aliphatic hydroxyl groups excluding tert-OH is 1. The molecule has 0 spiro atoms. The third-order valence-corrected chi connectivity index (χ3v) is 11.5. The van der Waals surface area contributed by atoms with Crippen LogP contribution in [0.2, 0.25) is 0 Å². The van der Waals surface area contributed by atoms with Gasteiger partial charge in [-0.25, -0.2) is 0 Å². The van der Waals surface area contributed by atoms with Gasteiger partial charge in [-0.1, -0.05) is 58.8 Å². The summed E-state index contributed by atoms with van der Waals surface area (Å²) in [6.07, 6.45) is 11.8. The van der Waals surface area contributed by atoms with E-state index in [1.54, 1.807) is 0 Å². The molecule has 0 unspecified atom stereocenters. The molecule has 4 aliphatic carbocycles. The summed E-state index contributed by atoms with van der Waals surface area (Å²) in [6, 6.07) is 0. The highest BCUT2D eigenvalue weighted by Crippen LogP contribution is 2.71. The van der Waals surface area contributed by atoms with Gasteiger partial charge >= 0.3 is 0 Å². The lowest BCUT2D eigenvalue weighted by Gasteiger charge is -2.61. The van der Waals surface area contributed by atoms with E-state index in [1.165, 1.54) is 48.8 Å². The number of Topliss-reactive ketones (excluding diaryl/α,β-unsaturated/α-hetero) is 1. The summed E-state index contributed by atoms with van der Waals surface area (Å²) >= 11 is 0. The summed E-state index contributed by atoms with van der Waals surface area (Å²) in [6.45, 7) is 18.7. The molecule has 0 radical (unpaired) electrons. The fourth-order valence-corrected chi connectivity index (χ4v) is 9.14. The molecule has 0 aromatic rings. The SMILES string of the molecule is CC(C)=CCC[C@@H](C)[C@@H]1CC[C@]2(C)C3=C(CC[C@@]12C)[C@@]1(C)CC[C@H](O)C(C)(C)[C@H]1CC3=O. The molecule has 180 valence electrons. The number of aliphatic hydroxyl groups is 1. The fourth-order valence-electron chi connectivity index (χ4n) is 9.14. The van der Waals surface area contributed by atoms with Crippen LogP contribution in [0.1, 0.15) is 113 Å². The summed E-state index contributed by atoms with van der Waals surface area (Å²) in [4.78, 5) is 13.9. The Morgan fingerprint density at radius 1 is 1.09 bits per heavy atom. The lowest BCUT2D eigenvalue weighted by atomic mass is 9.43. The Kier molecular flexibility index (Phi) is 5.93. The van der Waals surface area contributed by atoms with Gasteiger partial charge in [0.05, 0.1) is 6.10 Å². The normalized spacial score (nSPS) is 43.9. The molecule has 0 amide bonds. The first-order valence-electron chi connectivity index (χ1n) is 13.4. The standard InChI is InChI=1S/C30H48O2/c1-19(2)10-9-11-20(3)21-12-17-30(8)26-22(13-16-29(21,30)7)28(6)15-14-25(32)27(4,5)24(28)18-23(26)31/h10,20-21,24-25,32H,9,11-18H2,1-8H3/t20-,21+,24-,25+,28-,29+,30-/m1/s1. The molecule has 0 aromatic carbocycles. The molecule has 0 saturated heterocycles. The Hall–Kier alpha value is -0.890. The lowest BCUT2D eigenvalue weighted by molar-refractivity contribution is -0.134. The zero-order valence-electron chi connectivity index (χ0n) is 22.1. The van der Waals surface area contributed by atoms with Crippen molar-refractivity contribution < 1.29 is 9.90 Å². The number of hydrogen-bond donors (Lipinski definition) is 1. The van der Waals surface area contributed by atoms with Gasteiger partial charge in [-0.3, -0.25) is 4.79 Å². The quantitative estimate of drug-likeness (QED) is 0.456. The summed E-state index contributed by atoms with van der Waals surface area (Å²) in [5, 5.41) is 10.8. The Morgan fingerprint density at radius 2 is 1.78 bits per heavy atom. The van der Waals surface area contributed by atoms with Crippen molar-refractivity contribution in [3.05, 3.63) is 22.8 Å². The summed E-state index contributed by atoms with van der Waals surface area (Å²) < 4.78 is 0. The molecule has 0 aromatic heterocycles. The number of carbonyl (C=O) groups is 1. The maximum absolute atomic E-state index is 13.9. The molecule has 2 saturated carbocycles. The monoisotopic (exact) mass is 440 g/mol. The number of ketones is 1. The van der Waals surface area contributed by atoms with Gasteiger partial charge < -0.3 is 5.11 Å². The molecular weight excluding hydrogens is 392 g/mol. The van der Waals surface area contributed by atoms with E-state index in [-0.39, 0.29) is 33.7 Å². The number of allylic oxidation sites excluding steroid dienone is 4. The van der Waals surface area contributed by atoms with Crippen molar-refractivity contribution in [1.82, 2.24) is 0 Å². The first kappa shape index (κ1) is 24.2. The van der Waals surface area contributed by atoms with Crippen LogP contribution in [0.25, 0.3) is 0 Å². The number of rotatable bonds is 4. The maximum atomic E-state index is 13.9. The third kappa shape index (κ3) is 3.25. The average molecular weight is 441 g/mol. The van der Waals surface area contributed by atoms with Gasteiger partial charge in [-0.05, 0) is 99.2 Å². The van der Waals surface area contributed by atoms with Crippen molar-refractivity contribution in [3.8, 4) is 0 Å². The third-order valence-electron chi connectivity index (χ3n) is 11.5. The van der Waals surface area contributed by atoms with Crippen LogP contribution in [0.5, 0.6) is 0 Å². The molecule has 32 heavy (non-hydrogen) atoms. The molecule has 0 aliphatic heterocycles. The van der Waals surface area contributed by atoms with Crippen LogP contribution in [0.15, 0.2) is 22.8 Å². The number of hydrogen-bond acceptors (Lipinski definition) is 2. The lowest BCUT2D eigenvalue weighted by Crippen LogP contribution is -2.57. The topological polar surface area (TPSA) is 37.3 Å². The predicted octanol–water partition coefficient (Wildman–Crippen LogP) is 7.66. The molecular formula is C30H48O2. The minimum Gasteiger partial charge on any atom is -0.393 e. The molecule has 4 aliphatic rings. The zero-order valence-corrected chi connectivity index (χ0v) is 22.1. The Bertz CT molecular complexity index is 843. The predicted molar refractivity (Wildman–Crippen MR) is 133 cm³/mol. The number of fused-ring (bicyclic) bond motifs is 4. The summed E-state index contributed by atoms with van der Waals surface area (Å²) in [7, 11) is 0. The van der Waals surface area contributed by atoms with Crippen molar-refractivity contribution in [2.24, 2.45) is 39.4 Å². The minimum absolute atomic E-state index is 0.0152. The van der Waals surface area contributed by atoms with Gasteiger partial charge in [0, 0.05) is 17.4 Å². The van der Waals surface area contributed by atoms with Crippen LogP contribution in [0.3, 0.4) is 0 Å². The van der Waals surface area contributed by atoms with Crippen LogP contribution in [0.4, 0.5) is 0 Å². The molecule has 2 heteroatoms. The second-order valence-electron chi connectivity index (χ2n) is 13.6. The van der Waals surface area contributed by atoms with Gasteiger partial charge in [-0.15, -0.1) is 0 Å². The van der Waals surface area contributed by atoms with E-state index >= 15 is 0 Å². The minimum atomic E-state index is -0.294. The second kappa shape index (κ2) is 7.82. The van der Waals surface area contributed by atoms with Crippen molar-refractivity contribution >= 4 is 5.78 Å². The van der Waals surface area contributed by atoms with Gasteiger partial charge in [0.1, 0.15) is 0 Å². The van der Waals surface area contributed by atoms with Gasteiger partial charge in [0.2, 0.25) is 0 Å². The first-order chi connectivity index (χ1) is 14.8. The van der Waals surface area contributed by atoms with E-state index in [9.17, 15) is 9.90 Å². The van der Waals surface area contributed by atoms with Crippen molar-refractivity contribution in [2.45, 2.75) is 119 Å². The molecule has 4 rings (SSSR count). The highest BCUT2D eigenvalue weighted by atomic mass is 16.3. The van der Waals surface area contributed by atoms with Gasteiger partial charge in [0.25, 0.3) is 0 Å². The van der Waals surface area contributed by atoms with E-state index in [1.807, 2.05) is 0 Å². The van der Waals surface area contributed by atoms with Crippen LogP contribution in [0, 0.1) is 39.4 Å². The Morgan fingerprint density at radius 3 is 2.44 bits per heavy atom. The van der Waals surface area contributed by atoms with E-state index < -0.39 is 0 Å². The fraction of sp³-hybridized carbons (Fsp3) is 0.833. The number of carbonyl (C=O) groups excluding carboxylic acids is 1. The highest BCUT2D eigenvalue weighted by Gasteiger charge is 2.65. The Labute approximate surface area is 197 Å². The average Bonchev–Trinajstić information content (AvgIpc) is 2.98. The second-order valence-corrected chi connectivity index (χ2v) is 13.6.